The van der Waals surface area contributed by atoms with Crippen molar-refractivity contribution in [3.63, 3.8) is 0 Å². The normalized spacial score (nSPS) is 20.5. The molecular weight excluding hydrogens is 278 g/mol. The van der Waals surface area contributed by atoms with Crippen LogP contribution in [0.5, 0.6) is 0 Å². The van der Waals surface area contributed by atoms with Gasteiger partial charge >= 0.3 is 5.97 Å². The van der Waals surface area contributed by atoms with Gasteiger partial charge in [0, 0.05) is 6.54 Å². The second-order valence-electron chi connectivity index (χ2n) is 5.73. The Morgan fingerprint density at radius 3 is 2.41 bits per heavy atom. The van der Waals surface area contributed by atoms with E-state index in [1.54, 1.807) is 0 Å². The molecule has 1 aromatic carbocycles. The molecule has 1 amide bonds. The van der Waals surface area contributed by atoms with Crippen molar-refractivity contribution in [2.24, 2.45) is 11.8 Å². The lowest BCUT2D eigenvalue weighted by atomic mass is 9.82. The van der Waals surface area contributed by atoms with Crippen molar-refractivity contribution >= 4 is 11.9 Å². The summed E-state index contributed by atoms with van der Waals surface area (Å²) in [6, 6.07) is 10.3. The van der Waals surface area contributed by atoms with E-state index in [4.69, 9.17) is 0 Å². The van der Waals surface area contributed by atoms with E-state index < -0.39 is 17.8 Å². The number of rotatable bonds is 7. The van der Waals surface area contributed by atoms with Crippen molar-refractivity contribution in [1.82, 2.24) is 5.32 Å². The monoisotopic (exact) mass is 301 g/mol. The van der Waals surface area contributed by atoms with Gasteiger partial charge in [-0.2, -0.15) is 0 Å². The maximum Gasteiger partial charge on any atom is 0.307 e. The summed E-state index contributed by atoms with van der Waals surface area (Å²) in [6.45, 7) is 0.609. The molecule has 2 rings (SSSR count). The zero-order valence-electron chi connectivity index (χ0n) is 12.7. The van der Waals surface area contributed by atoms with Crippen molar-refractivity contribution in [1.29, 1.82) is 0 Å². The highest BCUT2D eigenvalue weighted by atomic mass is 16.4. The van der Waals surface area contributed by atoms with Crippen LogP contribution in [0.2, 0.25) is 0 Å². The van der Waals surface area contributed by atoms with Gasteiger partial charge in [0.2, 0.25) is 5.91 Å². The van der Waals surface area contributed by atoms with E-state index in [1.807, 2.05) is 30.4 Å². The fourth-order valence-corrected chi connectivity index (χ4v) is 2.82. The van der Waals surface area contributed by atoms with E-state index in [9.17, 15) is 14.7 Å². The number of amides is 1. The third kappa shape index (κ3) is 4.72. The van der Waals surface area contributed by atoms with Gasteiger partial charge < -0.3 is 10.4 Å². The zero-order chi connectivity index (χ0) is 15.8. The molecule has 0 saturated carbocycles. The SMILES string of the molecule is O=C(O)[C@H]1CC=CC[C@H]1C(=O)NCCCCc1ccccc1. The average molecular weight is 301 g/mol. The second-order valence-corrected chi connectivity index (χ2v) is 5.73. The third-order valence-corrected chi connectivity index (χ3v) is 4.12. The first-order valence-corrected chi connectivity index (χ1v) is 7.88. The van der Waals surface area contributed by atoms with Crippen LogP contribution in [-0.2, 0) is 16.0 Å². The van der Waals surface area contributed by atoms with Gasteiger partial charge in [-0.05, 0) is 37.7 Å². The first-order chi connectivity index (χ1) is 10.7. The number of aryl methyl sites for hydroxylation is 1. The summed E-state index contributed by atoms with van der Waals surface area (Å²) in [6.07, 6.45) is 7.63. The Hall–Kier alpha value is -2.10. The Bertz CT molecular complexity index is 524. The van der Waals surface area contributed by atoms with Crippen LogP contribution in [0.1, 0.15) is 31.2 Å². The van der Waals surface area contributed by atoms with Crippen molar-refractivity contribution in [3.8, 4) is 0 Å². The molecule has 2 N–H and O–H groups in total. The number of benzene rings is 1. The standard InChI is InChI=1S/C18H23NO3/c20-17(15-11-4-5-12-16(15)18(21)22)19-13-7-6-10-14-8-2-1-3-9-14/h1-5,8-9,15-16H,6-7,10-13H2,(H,19,20)(H,21,22)/t15-,16+/m1/s1. The van der Waals surface area contributed by atoms with Gasteiger partial charge in [-0.1, -0.05) is 42.5 Å². The van der Waals surface area contributed by atoms with Crippen LogP contribution in [0.15, 0.2) is 42.5 Å². The number of hydrogen-bond acceptors (Lipinski definition) is 2. The summed E-state index contributed by atoms with van der Waals surface area (Å²) in [5.74, 6) is -2.03. The minimum absolute atomic E-state index is 0.128. The molecular formula is C18H23NO3. The minimum atomic E-state index is -0.881. The van der Waals surface area contributed by atoms with Crippen LogP contribution in [-0.4, -0.2) is 23.5 Å². The van der Waals surface area contributed by atoms with Crippen molar-refractivity contribution < 1.29 is 14.7 Å². The molecule has 4 nitrogen and oxygen atoms in total. The van der Waals surface area contributed by atoms with E-state index in [0.717, 1.165) is 19.3 Å². The molecule has 0 saturated heterocycles. The van der Waals surface area contributed by atoms with Crippen molar-refractivity contribution in [3.05, 3.63) is 48.0 Å². The number of carboxylic acids is 1. The van der Waals surface area contributed by atoms with Gasteiger partial charge in [0.15, 0.2) is 0 Å². The summed E-state index contributed by atoms with van der Waals surface area (Å²) in [5, 5.41) is 12.1. The molecule has 2 atom stereocenters. The number of carboxylic acid groups (broad SMARTS) is 1. The van der Waals surface area contributed by atoms with Gasteiger partial charge in [0.05, 0.1) is 11.8 Å². The summed E-state index contributed by atoms with van der Waals surface area (Å²) in [5.41, 5.74) is 1.30. The first kappa shape index (κ1) is 16.3. The van der Waals surface area contributed by atoms with E-state index in [1.165, 1.54) is 5.56 Å². The maximum absolute atomic E-state index is 12.1. The van der Waals surface area contributed by atoms with Crippen LogP contribution in [0, 0.1) is 11.8 Å². The summed E-state index contributed by atoms with van der Waals surface area (Å²) in [7, 11) is 0. The Morgan fingerprint density at radius 2 is 1.73 bits per heavy atom. The summed E-state index contributed by atoms with van der Waals surface area (Å²) < 4.78 is 0. The van der Waals surface area contributed by atoms with E-state index in [0.29, 0.717) is 19.4 Å². The number of carbonyl (C=O) groups excluding carboxylic acids is 1. The predicted molar refractivity (Wildman–Crippen MR) is 85.4 cm³/mol. The van der Waals surface area contributed by atoms with Crippen LogP contribution >= 0.6 is 0 Å². The average Bonchev–Trinajstić information content (AvgIpc) is 2.55. The zero-order valence-corrected chi connectivity index (χ0v) is 12.7. The molecule has 4 heteroatoms. The molecule has 0 bridgehead atoms. The molecule has 1 aliphatic carbocycles. The van der Waals surface area contributed by atoms with Crippen LogP contribution in [0.4, 0.5) is 0 Å². The van der Waals surface area contributed by atoms with E-state index in [2.05, 4.69) is 17.4 Å². The molecule has 0 aliphatic heterocycles. The Morgan fingerprint density at radius 1 is 1.05 bits per heavy atom. The van der Waals surface area contributed by atoms with Gasteiger partial charge in [-0.3, -0.25) is 9.59 Å². The van der Waals surface area contributed by atoms with Gasteiger partial charge in [-0.25, -0.2) is 0 Å². The third-order valence-electron chi connectivity index (χ3n) is 4.12. The van der Waals surface area contributed by atoms with Gasteiger partial charge in [0.25, 0.3) is 0 Å². The number of unbranched alkanes of at least 4 members (excludes halogenated alkanes) is 1. The Labute approximate surface area is 131 Å². The highest BCUT2D eigenvalue weighted by molar-refractivity contribution is 5.85. The number of aliphatic carboxylic acids is 1. The first-order valence-electron chi connectivity index (χ1n) is 7.88. The molecule has 1 aromatic rings. The number of nitrogens with one attached hydrogen (secondary N) is 1. The lowest BCUT2D eigenvalue weighted by molar-refractivity contribution is -0.147. The minimum Gasteiger partial charge on any atom is -0.481 e. The molecule has 0 fully saturated rings. The molecule has 0 heterocycles. The topological polar surface area (TPSA) is 66.4 Å². The lowest BCUT2D eigenvalue weighted by Gasteiger charge is -2.24. The number of carbonyl (C=O) groups is 2. The van der Waals surface area contributed by atoms with Crippen LogP contribution in [0.25, 0.3) is 0 Å². The predicted octanol–water partition coefficient (Wildman–Crippen LogP) is 2.79. The molecule has 0 unspecified atom stereocenters. The fraction of sp³-hybridized carbons (Fsp3) is 0.444. The van der Waals surface area contributed by atoms with Crippen molar-refractivity contribution in [2.75, 3.05) is 6.54 Å². The summed E-state index contributed by atoms with van der Waals surface area (Å²) >= 11 is 0. The highest BCUT2D eigenvalue weighted by Gasteiger charge is 2.33. The maximum atomic E-state index is 12.1. The molecule has 0 aromatic heterocycles. The molecule has 0 spiro atoms. The van der Waals surface area contributed by atoms with Gasteiger partial charge in [-0.15, -0.1) is 0 Å². The Balaban J connectivity index is 1.69. The van der Waals surface area contributed by atoms with E-state index >= 15 is 0 Å². The molecule has 1 aliphatic rings. The number of allylic oxidation sites excluding steroid dienone is 2. The molecule has 0 radical (unpaired) electrons. The Kier molecular flexibility index (Phi) is 6.19. The van der Waals surface area contributed by atoms with Gasteiger partial charge in [0.1, 0.15) is 0 Å². The molecule has 118 valence electrons. The second kappa shape index (κ2) is 8.37. The highest BCUT2D eigenvalue weighted by Crippen LogP contribution is 2.25. The van der Waals surface area contributed by atoms with E-state index in [-0.39, 0.29) is 5.91 Å². The van der Waals surface area contributed by atoms with Crippen molar-refractivity contribution in [2.45, 2.75) is 32.1 Å². The lowest BCUT2D eigenvalue weighted by Crippen LogP contribution is -2.39. The quantitative estimate of drug-likeness (QED) is 0.601. The fourth-order valence-electron chi connectivity index (χ4n) is 2.82. The summed E-state index contributed by atoms with van der Waals surface area (Å²) in [4.78, 5) is 23.3. The largest absolute Gasteiger partial charge is 0.481 e. The number of hydrogen-bond donors (Lipinski definition) is 2. The van der Waals surface area contributed by atoms with Crippen LogP contribution < -0.4 is 5.32 Å². The molecule has 22 heavy (non-hydrogen) atoms. The smallest absolute Gasteiger partial charge is 0.307 e. The van der Waals surface area contributed by atoms with Crippen LogP contribution in [0.3, 0.4) is 0 Å².